The van der Waals surface area contributed by atoms with Crippen molar-refractivity contribution in [2.45, 2.75) is 37.9 Å². The van der Waals surface area contributed by atoms with Crippen molar-refractivity contribution in [3.63, 3.8) is 0 Å². The van der Waals surface area contributed by atoms with Crippen LogP contribution >= 0.6 is 12.4 Å². The number of benzene rings is 1. The third kappa shape index (κ3) is 3.32. The Morgan fingerprint density at radius 2 is 1.95 bits per heavy atom. The molecule has 1 aromatic carbocycles. The molecule has 2 aromatic rings. The molecule has 2 aliphatic rings. The first-order valence-electron chi connectivity index (χ1n) is 7.73. The second-order valence-electron chi connectivity index (χ2n) is 6.04. The van der Waals surface area contributed by atoms with Crippen molar-refractivity contribution in [2.24, 2.45) is 0 Å². The summed E-state index contributed by atoms with van der Waals surface area (Å²) >= 11 is 0. The van der Waals surface area contributed by atoms with E-state index in [4.69, 9.17) is 4.52 Å². The van der Waals surface area contributed by atoms with Gasteiger partial charge >= 0.3 is 0 Å². The topological polar surface area (TPSA) is 54.2 Å². The number of fused-ring (bicyclic) bond motifs is 2. The van der Waals surface area contributed by atoms with Gasteiger partial charge in [-0.15, -0.1) is 12.4 Å². The molecule has 1 N–H and O–H groups in total. The van der Waals surface area contributed by atoms with Crippen molar-refractivity contribution >= 4 is 12.4 Å². The minimum absolute atomic E-state index is 0. The normalized spacial score (nSPS) is 24.7. The van der Waals surface area contributed by atoms with E-state index in [9.17, 15) is 0 Å². The van der Waals surface area contributed by atoms with Crippen LogP contribution in [0.2, 0.25) is 0 Å². The molecule has 5 nitrogen and oxygen atoms in total. The fourth-order valence-electron chi connectivity index (χ4n) is 3.38. The van der Waals surface area contributed by atoms with Crippen LogP contribution in [0, 0.1) is 0 Å². The zero-order chi connectivity index (χ0) is 14.1. The SMILES string of the molecule is Cl.c1ccc(-c2nc(CN3CCC4CCC(C3)N4)no2)cc1. The fraction of sp³-hybridized carbons (Fsp3) is 0.500. The van der Waals surface area contributed by atoms with Crippen LogP contribution in [-0.4, -0.2) is 40.2 Å². The summed E-state index contributed by atoms with van der Waals surface area (Å²) in [6, 6.07) is 11.3. The smallest absolute Gasteiger partial charge is 0.257 e. The zero-order valence-electron chi connectivity index (χ0n) is 12.4. The van der Waals surface area contributed by atoms with Gasteiger partial charge in [0.1, 0.15) is 0 Å². The Morgan fingerprint density at radius 3 is 2.82 bits per heavy atom. The molecule has 2 unspecified atom stereocenters. The summed E-state index contributed by atoms with van der Waals surface area (Å²) in [6.07, 6.45) is 3.85. The molecule has 1 aromatic heterocycles. The monoisotopic (exact) mass is 320 g/mol. The van der Waals surface area contributed by atoms with Crippen LogP contribution in [0.25, 0.3) is 11.5 Å². The predicted molar refractivity (Wildman–Crippen MR) is 86.8 cm³/mol. The number of nitrogens with one attached hydrogen (secondary N) is 1. The van der Waals surface area contributed by atoms with E-state index in [-0.39, 0.29) is 12.4 Å². The molecule has 0 saturated carbocycles. The van der Waals surface area contributed by atoms with Crippen LogP contribution < -0.4 is 5.32 Å². The molecule has 2 fully saturated rings. The average molecular weight is 321 g/mol. The lowest BCUT2D eigenvalue weighted by Gasteiger charge is -2.22. The van der Waals surface area contributed by atoms with Gasteiger partial charge in [0.2, 0.25) is 0 Å². The molecule has 2 aliphatic heterocycles. The zero-order valence-corrected chi connectivity index (χ0v) is 13.3. The van der Waals surface area contributed by atoms with Crippen LogP contribution in [0.1, 0.15) is 25.1 Å². The first kappa shape index (κ1) is 15.5. The largest absolute Gasteiger partial charge is 0.334 e. The number of hydrogen-bond donors (Lipinski definition) is 1. The maximum absolute atomic E-state index is 5.38. The van der Waals surface area contributed by atoms with Crippen molar-refractivity contribution in [3.05, 3.63) is 36.2 Å². The van der Waals surface area contributed by atoms with Crippen molar-refractivity contribution in [1.82, 2.24) is 20.4 Å². The molecule has 6 heteroatoms. The first-order valence-corrected chi connectivity index (χ1v) is 7.73. The lowest BCUT2D eigenvalue weighted by atomic mass is 10.1. The summed E-state index contributed by atoms with van der Waals surface area (Å²) in [5, 5.41) is 7.82. The second kappa shape index (κ2) is 6.77. The molecule has 2 atom stereocenters. The van der Waals surface area contributed by atoms with Crippen LogP contribution in [0.15, 0.2) is 34.9 Å². The average Bonchev–Trinajstić information content (AvgIpc) is 3.09. The lowest BCUT2D eigenvalue weighted by Crippen LogP contribution is -2.35. The Bertz CT molecular complexity index is 603. The maximum Gasteiger partial charge on any atom is 0.257 e. The number of nitrogens with zero attached hydrogens (tertiary/aromatic N) is 3. The summed E-state index contributed by atoms with van der Waals surface area (Å²) in [6.45, 7) is 2.98. The summed E-state index contributed by atoms with van der Waals surface area (Å²) in [5.74, 6) is 1.40. The quantitative estimate of drug-likeness (QED) is 0.941. The molecule has 3 heterocycles. The molecule has 22 heavy (non-hydrogen) atoms. The number of rotatable bonds is 3. The molecule has 0 radical (unpaired) electrons. The van der Waals surface area contributed by atoms with E-state index in [0.717, 1.165) is 31.0 Å². The first-order chi connectivity index (χ1) is 10.4. The molecule has 0 amide bonds. The van der Waals surface area contributed by atoms with Crippen molar-refractivity contribution < 1.29 is 4.52 Å². The van der Waals surface area contributed by atoms with E-state index in [0.29, 0.717) is 18.0 Å². The van der Waals surface area contributed by atoms with Gasteiger partial charge in [0, 0.05) is 30.7 Å². The minimum atomic E-state index is 0. The second-order valence-corrected chi connectivity index (χ2v) is 6.04. The van der Waals surface area contributed by atoms with Crippen molar-refractivity contribution in [2.75, 3.05) is 13.1 Å². The van der Waals surface area contributed by atoms with Crippen LogP contribution in [0.4, 0.5) is 0 Å². The summed E-state index contributed by atoms with van der Waals surface area (Å²) in [7, 11) is 0. The fourth-order valence-corrected chi connectivity index (χ4v) is 3.38. The van der Waals surface area contributed by atoms with Gasteiger partial charge in [-0.25, -0.2) is 0 Å². The Balaban J connectivity index is 0.00000144. The van der Waals surface area contributed by atoms with Gasteiger partial charge in [0.15, 0.2) is 5.82 Å². The maximum atomic E-state index is 5.38. The van der Waals surface area contributed by atoms with Crippen molar-refractivity contribution in [3.8, 4) is 11.5 Å². The van der Waals surface area contributed by atoms with Gasteiger partial charge in [-0.05, 0) is 31.4 Å². The number of hydrogen-bond acceptors (Lipinski definition) is 5. The lowest BCUT2D eigenvalue weighted by molar-refractivity contribution is 0.241. The van der Waals surface area contributed by atoms with Crippen LogP contribution in [0.5, 0.6) is 0 Å². The van der Waals surface area contributed by atoms with Crippen LogP contribution in [0.3, 0.4) is 0 Å². The van der Waals surface area contributed by atoms with Gasteiger partial charge < -0.3 is 9.84 Å². The Hall–Kier alpha value is -1.43. The van der Waals surface area contributed by atoms with E-state index in [2.05, 4.69) is 20.4 Å². The highest BCUT2D eigenvalue weighted by Crippen LogP contribution is 2.22. The van der Waals surface area contributed by atoms with E-state index in [1.807, 2.05) is 30.3 Å². The van der Waals surface area contributed by atoms with E-state index < -0.39 is 0 Å². The van der Waals surface area contributed by atoms with Gasteiger partial charge in [-0.1, -0.05) is 23.4 Å². The van der Waals surface area contributed by atoms with E-state index in [1.54, 1.807) is 0 Å². The highest BCUT2D eigenvalue weighted by molar-refractivity contribution is 5.85. The Morgan fingerprint density at radius 1 is 1.14 bits per heavy atom. The molecule has 2 bridgehead atoms. The van der Waals surface area contributed by atoms with Gasteiger partial charge in [0.05, 0.1) is 6.54 Å². The molecule has 0 aliphatic carbocycles. The molecule has 4 rings (SSSR count). The summed E-state index contributed by atoms with van der Waals surface area (Å²) < 4.78 is 5.38. The van der Waals surface area contributed by atoms with Gasteiger partial charge in [-0.3, -0.25) is 4.90 Å². The Kier molecular flexibility index (Phi) is 4.76. The highest BCUT2D eigenvalue weighted by atomic mass is 35.5. The predicted octanol–water partition coefficient (Wildman–Crippen LogP) is 2.48. The van der Waals surface area contributed by atoms with Gasteiger partial charge in [-0.2, -0.15) is 4.98 Å². The van der Waals surface area contributed by atoms with E-state index >= 15 is 0 Å². The van der Waals surface area contributed by atoms with E-state index in [1.165, 1.54) is 19.3 Å². The number of aromatic nitrogens is 2. The summed E-state index contributed by atoms with van der Waals surface area (Å²) in [4.78, 5) is 6.97. The molecule has 118 valence electrons. The standard InChI is InChI=1S/C16H20N4O.ClH/c1-2-4-12(5-3-1)16-18-15(19-21-16)11-20-9-8-13-6-7-14(10-20)17-13;/h1-5,13-14,17H,6-11H2;1H. The highest BCUT2D eigenvalue weighted by Gasteiger charge is 2.29. The Labute approximate surface area is 136 Å². The summed E-state index contributed by atoms with van der Waals surface area (Å²) in [5.41, 5.74) is 0.979. The van der Waals surface area contributed by atoms with Crippen LogP contribution in [-0.2, 0) is 6.54 Å². The molecule has 2 saturated heterocycles. The van der Waals surface area contributed by atoms with Crippen molar-refractivity contribution in [1.29, 1.82) is 0 Å². The number of halogens is 1. The van der Waals surface area contributed by atoms with Gasteiger partial charge in [0.25, 0.3) is 5.89 Å². The molecular weight excluding hydrogens is 300 g/mol. The number of likely N-dealkylation sites (tertiary alicyclic amines) is 1. The minimum Gasteiger partial charge on any atom is -0.334 e. The molecule has 0 spiro atoms. The third-order valence-electron chi connectivity index (χ3n) is 4.46. The third-order valence-corrected chi connectivity index (χ3v) is 4.46. The molecular formula is C16H21ClN4O.